The summed E-state index contributed by atoms with van der Waals surface area (Å²) >= 11 is 0. The smallest absolute Gasteiger partial charge is 0.180 e. The number of aromatic amines is 1. The van der Waals surface area contributed by atoms with E-state index in [1.165, 1.54) is 0 Å². The first-order valence-corrected chi connectivity index (χ1v) is 5.67. The van der Waals surface area contributed by atoms with Gasteiger partial charge in [0, 0.05) is 27.3 Å². The molecule has 0 aromatic carbocycles. The number of nitrogens with one attached hydrogen (secondary N) is 1. The van der Waals surface area contributed by atoms with Gasteiger partial charge in [-0.05, 0) is 18.2 Å². The molecule has 0 aliphatic carbocycles. The molecule has 0 fully saturated rings. The lowest BCUT2D eigenvalue weighted by Gasteiger charge is -2.09. The first kappa shape index (κ1) is 10.8. The maximum Gasteiger partial charge on any atom is 0.180 e. The fraction of sp³-hybridized carbons (Fsp3) is 0.250. The average molecular weight is 242 g/mol. The first-order chi connectivity index (χ1) is 8.65. The highest BCUT2D eigenvalue weighted by Crippen LogP contribution is 2.20. The number of fused-ring (bicyclic) bond motifs is 1. The van der Waals surface area contributed by atoms with E-state index in [9.17, 15) is 0 Å². The van der Waals surface area contributed by atoms with Crippen LogP contribution in [0.3, 0.4) is 0 Å². The lowest BCUT2D eigenvalue weighted by atomic mass is 10.4. The fourth-order valence-corrected chi connectivity index (χ4v) is 1.86. The molecule has 0 bridgehead atoms. The van der Waals surface area contributed by atoms with Gasteiger partial charge in [0.05, 0.1) is 5.52 Å². The van der Waals surface area contributed by atoms with Crippen LogP contribution in [-0.2, 0) is 7.05 Å². The highest BCUT2D eigenvalue weighted by Gasteiger charge is 2.10. The molecular weight excluding hydrogens is 228 g/mol. The van der Waals surface area contributed by atoms with Gasteiger partial charge in [-0.2, -0.15) is 5.10 Å². The molecule has 3 heterocycles. The second kappa shape index (κ2) is 3.83. The van der Waals surface area contributed by atoms with Crippen LogP contribution in [-0.4, -0.2) is 38.8 Å². The molecule has 0 unspecified atom stereocenters. The Morgan fingerprint density at radius 3 is 2.67 bits per heavy atom. The summed E-state index contributed by atoms with van der Waals surface area (Å²) in [5.41, 5.74) is 2.59. The Labute approximate surface area is 104 Å². The van der Waals surface area contributed by atoms with E-state index in [4.69, 9.17) is 0 Å². The minimum absolute atomic E-state index is 0.720. The van der Waals surface area contributed by atoms with E-state index >= 15 is 0 Å². The van der Waals surface area contributed by atoms with Crippen molar-refractivity contribution in [1.29, 1.82) is 0 Å². The number of rotatable bonds is 2. The maximum absolute atomic E-state index is 4.50. The van der Waals surface area contributed by atoms with Crippen LogP contribution < -0.4 is 4.90 Å². The van der Waals surface area contributed by atoms with Crippen molar-refractivity contribution in [2.75, 3.05) is 19.0 Å². The molecule has 18 heavy (non-hydrogen) atoms. The lowest BCUT2D eigenvalue weighted by Crippen LogP contribution is -2.10. The molecule has 3 aromatic rings. The minimum Gasteiger partial charge on any atom is -0.363 e. The predicted octanol–water partition coefficient (Wildman–Crippen LogP) is 1.42. The van der Waals surface area contributed by atoms with Gasteiger partial charge in [-0.25, -0.2) is 9.97 Å². The van der Waals surface area contributed by atoms with Crippen LogP contribution in [0.4, 0.5) is 5.82 Å². The Bertz CT molecular complexity index is 693. The highest BCUT2D eigenvalue weighted by atomic mass is 15.3. The molecule has 0 spiro atoms. The molecule has 0 amide bonds. The summed E-state index contributed by atoms with van der Waals surface area (Å²) in [5.74, 6) is 1.68. The zero-order valence-electron chi connectivity index (χ0n) is 10.5. The molecule has 6 heteroatoms. The molecule has 0 aliphatic rings. The third-order valence-corrected chi connectivity index (χ3v) is 2.85. The van der Waals surface area contributed by atoms with Crippen LogP contribution in [0.1, 0.15) is 0 Å². The monoisotopic (exact) mass is 242 g/mol. The van der Waals surface area contributed by atoms with Crippen molar-refractivity contribution in [3.8, 4) is 11.5 Å². The molecule has 92 valence electrons. The largest absolute Gasteiger partial charge is 0.363 e. The third kappa shape index (κ3) is 1.62. The Morgan fingerprint density at radius 2 is 2.00 bits per heavy atom. The lowest BCUT2D eigenvalue weighted by molar-refractivity contribution is 0.771. The molecule has 0 saturated heterocycles. The van der Waals surface area contributed by atoms with Crippen LogP contribution in [0.2, 0.25) is 0 Å². The number of hydrogen-bond acceptors (Lipinski definition) is 4. The fourth-order valence-electron chi connectivity index (χ4n) is 1.86. The van der Waals surface area contributed by atoms with Gasteiger partial charge >= 0.3 is 0 Å². The Balaban J connectivity index is 2.14. The van der Waals surface area contributed by atoms with Crippen molar-refractivity contribution in [1.82, 2.24) is 24.7 Å². The quantitative estimate of drug-likeness (QED) is 0.738. The molecule has 6 nitrogen and oxygen atoms in total. The van der Waals surface area contributed by atoms with Crippen molar-refractivity contribution < 1.29 is 0 Å². The summed E-state index contributed by atoms with van der Waals surface area (Å²) in [6, 6.07) is 5.88. The number of imidazole rings is 1. The number of aryl methyl sites for hydroxylation is 1. The minimum atomic E-state index is 0.720. The highest BCUT2D eigenvalue weighted by molar-refractivity contribution is 5.76. The number of anilines is 1. The van der Waals surface area contributed by atoms with Gasteiger partial charge in [0.1, 0.15) is 11.5 Å². The van der Waals surface area contributed by atoms with Gasteiger partial charge in [-0.1, -0.05) is 0 Å². The van der Waals surface area contributed by atoms with Crippen LogP contribution in [0, 0.1) is 0 Å². The van der Waals surface area contributed by atoms with E-state index in [1.54, 1.807) is 10.9 Å². The Kier molecular flexibility index (Phi) is 2.29. The predicted molar refractivity (Wildman–Crippen MR) is 70.4 cm³/mol. The van der Waals surface area contributed by atoms with E-state index in [2.05, 4.69) is 20.1 Å². The molecule has 0 saturated carbocycles. The van der Waals surface area contributed by atoms with Gasteiger partial charge in [0.2, 0.25) is 0 Å². The van der Waals surface area contributed by atoms with Crippen LogP contribution in [0.5, 0.6) is 0 Å². The van der Waals surface area contributed by atoms with Crippen LogP contribution >= 0.6 is 0 Å². The van der Waals surface area contributed by atoms with Gasteiger partial charge in [0.15, 0.2) is 11.5 Å². The summed E-state index contributed by atoms with van der Waals surface area (Å²) in [7, 11) is 5.81. The summed E-state index contributed by atoms with van der Waals surface area (Å²) in [6.45, 7) is 0. The number of aromatic nitrogens is 5. The zero-order valence-corrected chi connectivity index (χ0v) is 10.5. The summed E-state index contributed by atoms with van der Waals surface area (Å²) in [4.78, 5) is 14.2. The summed E-state index contributed by atoms with van der Waals surface area (Å²) in [6.07, 6.45) is 1.75. The van der Waals surface area contributed by atoms with Gasteiger partial charge < -0.3 is 9.88 Å². The van der Waals surface area contributed by atoms with Crippen molar-refractivity contribution in [3.63, 3.8) is 0 Å². The molecule has 3 aromatic heterocycles. The van der Waals surface area contributed by atoms with Gasteiger partial charge in [-0.3, -0.25) is 4.68 Å². The Hall–Kier alpha value is -2.37. The molecule has 1 N–H and O–H groups in total. The SMILES string of the molecule is CN(C)c1ccc2[nH]c(-c3ccnn3C)nc2n1. The van der Waals surface area contributed by atoms with E-state index in [0.29, 0.717) is 0 Å². The maximum atomic E-state index is 4.50. The van der Waals surface area contributed by atoms with Crippen molar-refractivity contribution >= 4 is 17.0 Å². The van der Waals surface area contributed by atoms with Gasteiger partial charge in [-0.15, -0.1) is 0 Å². The zero-order chi connectivity index (χ0) is 12.7. The van der Waals surface area contributed by atoms with Crippen LogP contribution in [0.15, 0.2) is 24.4 Å². The third-order valence-electron chi connectivity index (χ3n) is 2.85. The average Bonchev–Trinajstić information content (AvgIpc) is 2.92. The first-order valence-electron chi connectivity index (χ1n) is 5.67. The number of pyridine rings is 1. The number of nitrogens with zero attached hydrogens (tertiary/aromatic N) is 5. The standard InChI is InChI=1S/C12H14N6/c1-17(2)10-5-4-8-11(15-10)16-12(14-8)9-6-7-13-18(9)3/h4-7H,1-3H3,(H,14,15,16). The second-order valence-corrected chi connectivity index (χ2v) is 4.36. The number of hydrogen-bond donors (Lipinski definition) is 1. The second-order valence-electron chi connectivity index (χ2n) is 4.36. The summed E-state index contributed by atoms with van der Waals surface area (Å²) in [5, 5.41) is 4.14. The summed E-state index contributed by atoms with van der Waals surface area (Å²) < 4.78 is 1.78. The van der Waals surface area contributed by atoms with Crippen molar-refractivity contribution in [3.05, 3.63) is 24.4 Å². The van der Waals surface area contributed by atoms with Crippen molar-refractivity contribution in [2.45, 2.75) is 0 Å². The van der Waals surface area contributed by atoms with E-state index in [-0.39, 0.29) is 0 Å². The molecular formula is C12H14N6. The molecule has 0 radical (unpaired) electrons. The Morgan fingerprint density at radius 1 is 1.17 bits per heavy atom. The van der Waals surface area contributed by atoms with Gasteiger partial charge in [0.25, 0.3) is 0 Å². The van der Waals surface area contributed by atoms with E-state index in [1.807, 2.05) is 44.2 Å². The van der Waals surface area contributed by atoms with E-state index in [0.717, 1.165) is 28.5 Å². The van der Waals surface area contributed by atoms with Crippen molar-refractivity contribution in [2.24, 2.45) is 7.05 Å². The topological polar surface area (TPSA) is 62.6 Å². The van der Waals surface area contributed by atoms with E-state index < -0.39 is 0 Å². The van der Waals surface area contributed by atoms with Crippen LogP contribution in [0.25, 0.3) is 22.7 Å². The molecule has 3 rings (SSSR count). The molecule has 0 aliphatic heterocycles. The molecule has 0 atom stereocenters. The number of H-pyrrole nitrogens is 1. The normalized spacial score (nSPS) is 11.1.